The SMILES string of the molecule is CC(CCCO)NC1CC(O)C1(C)C. The summed E-state index contributed by atoms with van der Waals surface area (Å²) in [5.74, 6) is 0. The van der Waals surface area contributed by atoms with E-state index in [0.717, 1.165) is 19.3 Å². The largest absolute Gasteiger partial charge is 0.396 e. The number of aliphatic hydroxyl groups excluding tert-OH is 2. The highest BCUT2D eigenvalue weighted by Gasteiger charge is 2.47. The Morgan fingerprint density at radius 2 is 2.14 bits per heavy atom. The van der Waals surface area contributed by atoms with E-state index in [1.807, 2.05) is 0 Å². The van der Waals surface area contributed by atoms with Crippen molar-refractivity contribution in [3.05, 3.63) is 0 Å². The topological polar surface area (TPSA) is 52.5 Å². The summed E-state index contributed by atoms with van der Waals surface area (Å²) in [6, 6.07) is 0.852. The molecule has 84 valence electrons. The molecule has 3 atom stereocenters. The zero-order valence-electron chi connectivity index (χ0n) is 9.45. The fourth-order valence-electron chi connectivity index (χ4n) is 2.01. The van der Waals surface area contributed by atoms with E-state index in [1.165, 1.54) is 0 Å². The molecule has 0 aromatic carbocycles. The van der Waals surface area contributed by atoms with Crippen molar-refractivity contribution >= 4 is 0 Å². The Bertz CT molecular complexity index is 182. The molecule has 0 heterocycles. The van der Waals surface area contributed by atoms with Crippen molar-refractivity contribution in [3.63, 3.8) is 0 Å². The number of rotatable bonds is 5. The molecule has 0 aromatic rings. The van der Waals surface area contributed by atoms with Crippen molar-refractivity contribution in [1.82, 2.24) is 5.32 Å². The van der Waals surface area contributed by atoms with Crippen molar-refractivity contribution in [2.75, 3.05) is 6.61 Å². The van der Waals surface area contributed by atoms with Crippen LogP contribution in [0.5, 0.6) is 0 Å². The van der Waals surface area contributed by atoms with Gasteiger partial charge in [0.05, 0.1) is 6.10 Å². The Morgan fingerprint density at radius 1 is 1.50 bits per heavy atom. The van der Waals surface area contributed by atoms with Gasteiger partial charge in [0.15, 0.2) is 0 Å². The molecule has 3 unspecified atom stereocenters. The standard InChI is InChI=1S/C11H23NO2/c1-8(5-4-6-13)12-9-7-10(14)11(9,2)3/h8-10,12-14H,4-7H2,1-3H3. The molecule has 0 bridgehead atoms. The van der Waals surface area contributed by atoms with Gasteiger partial charge in [0.25, 0.3) is 0 Å². The Kier molecular flexibility index (Phi) is 3.93. The molecule has 0 amide bonds. The highest BCUT2D eigenvalue weighted by Crippen LogP contribution is 2.40. The molecule has 0 radical (unpaired) electrons. The van der Waals surface area contributed by atoms with E-state index in [4.69, 9.17) is 5.11 Å². The molecule has 3 nitrogen and oxygen atoms in total. The van der Waals surface area contributed by atoms with Gasteiger partial charge in [0.1, 0.15) is 0 Å². The summed E-state index contributed by atoms with van der Waals surface area (Å²) in [5.41, 5.74) is 0.00742. The number of aliphatic hydroxyl groups is 2. The molecule has 14 heavy (non-hydrogen) atoms. The zero-order chi connectivity index (χ0) is 10.8. The predicted octanol–water partition coefficient (Wildman–Crippen LogP) is 0.896. The van der Waals surface area contributed by atoms with Crippen molar-refractivity contribution < 1.29 is 10.2 Å². The van der Waals surface area contributed by atoms with Crippen LogP contribution in [0.4, 0.5) is 0 Å². The van der Waals surface area contributed by atoms with Crippen molar-refractivity contribution in [1.29, 1.82) is 0 Å². The third-order valence-corrected chi connectivity index (χ3v) is 3.50. The van der Waals surface area contributed by atoms with E-state index in [9.17, 15) is 5.11 Å². The van der Waals surface area contributed by atoms with Crippen molar-refractivity contribution in [3.8, 4) is 0 Å². The normalized spacial score (nSPS) is 32.4. The van der Waals surface area contributed by atoms with Gasteiger partial charge in [-0.3, -0.25) is 0 Å². The molecule has 3 heteroatoms. The fourth-order valence-corrected chi connectivity index (χ4v) is 2.01. The smallest absolute Gasteiger partial charge is 0.0621 e. The summed E-state index contributed by atoms with van der Waals surface area (Å²) in [6.45, 7) is 6.59. The highest BCUT2D eigenvalue weighted by atomic mass is 16.3. The summed E-state index contributed by atoms with van der Waals surface area (Å²) < 4.78 is 0. The van der Waals surface area contributed by atoms with Gasteiger partial charge < -0.3 is 15.5 Å². The highest BCUT2D eigenvalue weighted by molar-refractivity contribution is 5.02. The first-order valence-corrected chi connectivity index (χ1v) is 5.53. The first-order valence-electron chi connectivity index (χ1n) is 5.53. The molecule has 0 aliphatic heterocycles. The Morgan fingerprint density at radius 3 is 2.57 bits per heavy atom. The van der Waals surface area contributed by atoms with Gasteiger partial charge in [-0.1, -0.05) is 13.8 Å². The van der Waals surface area contributed by atoms with Crippen LogP contribution in [0.3, 0.4) is 0 Å². The van der Waals surface area contributed by atoms with Crippen LogP contribution in [0.2, 0.25) is 0 Å². The maximum Gasteiger partial charge on any atom is 0.0621 e. The maximum atomic E-state index is 9.56. The first kappa shape index (κ1) is 12.0. The quantitative estimate of drug-likeness (QED) is 0.619. The minimum absolute atomic E-state index is 0.00742. The second-order valence-corrected chi connectivity index (χ2v) is 5.06. The summed E-state index contributed by atoms with van der Waals surface area (Å²) >= 11 is 0. The van der Waals surface area contributed by atoms with Crippen molar-refractivity contribution in [2.24, 2.45) is 5.41 Å². The van der Waals surface area contributed by atoms with Crippen LogP contribution in [0.15, 0.2) is 0 Å². The Hall–Kier alpha value is -0.120. The first-order chi connectivity index (χ1) is 6.48. The molecule has 1 rings (SSSR count). The van der Waals surface area contributed by atoms with Gasteiger partial charge in [0.2, 0.25) is 0 Å². The summed E-state index contributed by atoms with van der Waals surface area (Å²) in [7, 11) is 0. The molecule has 1 saturated carbocycles. The lowest BCUT2D eigenvalue weighted by molar-refractivity contribution is -0.0756. The van der Waals surface area contributed by atoms with Gasteiger partial charge in [-0.2, -0.15) is 0 Å². The molecule has 0 spiro atoms. The number of hydrogen-bond acceptors (Lipinski definition) is 3. The second-order valence-electron chi connectivity index (χ2n) is 5.06. The lowest BCUT2D eigenvalue weighted by Gasteiger charge is -2.50. The van der Waals surface area contributed by atoms with E-state index < -0.39 is 0 Å². The molecule has 1 aliphatic rings. The van der Waals surface area contributed by atoms with Crippen LogP contribution < -0.4 is 5.32 Å². The van der Waals surface area contributed by atoms with Gasteiger partial charge in [-0.25, -0.2) is 0 Å². The minimum atomic E-state index is -0.162. The minimum Gasteiger partial charge on any atom is -0.396 e. The van der Waals surface area contributed by atoms with Gasteiger partial charge >= 0.3 is 0 Å². The van der Waals surface area contributed by atoms with Crippen LogP contribution in [0, 0.1) is 5.41 Å². The van der Waals surface area contributed by atoms with Gasteiger partial charge in [0, 0.05) is 24.1 Å². The third-order valence-electron chi connectivity index (χ3n) is 3.50. The zero-order valence-corrected chi connectivity index (χ0v) is 9.45. The van der Waals surface area contributed by atoms with E-state index in [1.54, 1.807) is 0 Å². The molecule has 1 aliphatic carbocycles. The monoisotopic (exact) mass is 201 g/mol. The molecule has 0 saturated heterocycles. The molecule has 3 N–H and O–H groups in total. The lowest BCUT2D eigenvalue weighted by atomic mass is 9.64. The molecule has 0 aromatic heterocycles. The fraction of sp³-hybridized carbons (Fsp3) is 1.00. The van der Waals surface area contributed by atoms with Gasteiger partial charge in [-0.15, -0.1) is 0 Å². The van der Waals surface area contributed by atoms with Crippen molar-refractivity contribution in [2.45, 2.75) is 58.2 Å². The van der Waals surface area contributed by atoms with Crippen LogP contribution in [-0.2, 0) is 0 Å². The maximum absolute atomic E-state index is 9.56. The Balaban J connectivity index is 2.25. The lowest BCUT2D eigenvalue weighted by Crippen LogP contribution is -2.61. The second kappa shape index (κ2) is 4.60. The molecular weight excluding hydrogens is 178 g/mol. The third kappa shape index (κ3) is 2.47. The van der Waals surface area contributed by atoms with E-state index in [-0.39, 0.29) is 18.1 Å². The summed E-state index contributed by atoms with van der Waals surface area (Å²) in [5, 5.41) is 21.8. The number of hydrogen-bond donors (Lipinski definition) is 3. The molecule has 1 fully saturated rings. The van der Waals surface area contributed by atoms with E-state index in [0.29, 0.717) is 12.1 Å². The average molecular weight is 201 g/mol. The average Bonchev–Trinajstić information content (AvgIpc) is 2.14. The summed E-state index contributed by atoms with van der Waals surface area (Å²) in [4.78, 5) is 0. The van der Waals surface area contributed by atoms with E-state index >= 15 is 0 Å². The Labute approximate surface area is 86.5 Å². The van der Waals surface area contributed by atoms with Crippen LogP contribution in [0.25, 0.3) is 0 Å². The number of nitrogens with one attached hydrogen (secondary N) is 1. The predicted molar refractivity (Wildman–Crippen MR) is 57.1 cm³/mol. The van der Waals surface area contributed by atoms with Gasteiger partial charge in [-0.05, 0) is 26.2 Å². The van der Waals surface area contributed by atoms with Crippen LogP contribution in [-0.4, -0.2) is 35.0 Å². The molecular formula is C11H23NO2. The van der Waals surface area contributed by atoms with E-state index in [2.05, 4.69) is 26.1 Å². The van der Waals surface area contributed by atoms with Crippen LogP contribution >= 0.6 is 0 Å². The summed E-state index contributed by atoms with van der Waals surface area (Å²) in [6.07, 6.45) is 2.55. The van der Waals surface area contributed by atoms with Crippen LogP contribution in [0.1, 0.15) is 40.0 Å².